The van der Waals surface area contributed by atoms with Gasteiger partial charge in [-0.3, -0.25) is 4.90 Å². The quantitative estimate of drug-likeness (QED) is 0.422. The molecule has 1 aromatic heterocycles. The molecule has 3 aromatic carbocycles. The van der Waals surface area contributed by atoms with E-state index < -0.39 is 10.0 Å². The van der Waals surface area contributed by atoms with Crippen molar-refractivity contribution >= 4 is 10.0 Å². The number of hydrogen-bond donors (Lipinski definition) is 1. The average molecular weight is 472 g/mol. The van der Waals surface area contributed by atoms with Crippen LogP contribution in [0.15, 0.2) is 102 Å². The van der Waals surface area contributed by atoms with Crippen molar-refractivity contribution in [2.24, 2.45) is 7.05 Å². The first-order valence-corrected chi connectivity index (χ1v) is 13.1. The lowest BCUT2D eigenvalue weighted by Crippen LogP contribution is -2.41. The molecule has 174 valence electrons. The van der Waals surface area contributed by atoms with Crippen molar-refractivity contribution in [3.05, 3.63) is 114 Å². The molecule has 0 fully saturated rings. The van der Waals surface area contributed by atoms with E-state index in [1.807, 2.05) is 61.8 Å². The molecule has 2 heterocycles. The van der Waals surface area contributed by atoms with Crippen LogP contribution in [0, 0.1) is 0 Å². The third-order valence-electron chi connectivity index (χ3n) is 6.66. The van der Waals surface area contributed by atoms with Gasteiger partial charge in [-0.2, -0.15) is 0 Å². The maximum Gasteiger partial charge on any atom is 0.240 e. The molecule has 1 unspecified atom stereocenters. The number of sulfonamides is 1. The highest BCUT2D eigenvalue weighted by Crippen LogP contribution is 2.28. The minimum Gasteiger partial charge on any atom is -0.353 e. The smallest absolute Gasteiger partial charge is 0.240 e. The van der Waals surface area contributed by atoms with Gasteiger partial charge in [0.25, 0.3) is 0 Å². The summed E-state index contributed by atoms with van der Waals surface area (Å²) >= 11 is 0. The van der Waals surface area contributed by atoms with Crippen LogP contribution in [0.2, 0.25) is 0 Å². The van der Waals surface area contributed by atoms with Crippen LogP contribution in [-0.2, 0) is 30.0 Å². The van der Waals surface area contributed by atoms with Crippen LogP contribution in [0.5, 0.6) is 0 Å². The number of fused-ring (bicyclic) bond motifs is 1. The van der Waals surface area contributed by atoms with Crippen LogP contribution in [0.4, 0.5) is 0 Å². The van der Waals surface area contributed by atoms with Crippen LogP contribution in [-0.4, -0.2) is 31.0 Å². The molecule has 5 rings (SSSR count). The number of aromatic nitrogens is 1. The second kappa shape index (κ2) is 9.58. The van der Waals surface area contributed by atoms with Crippen molar-refractivity contribution in [1.82, 2.24) is 14.2 Å². The van der Waals surface area contributed by atoms with Gasteiger partial charge in [0, 0.05) is 38.6 Å². The molecule has 0 aliphatic carbocycles. The first-order valence-electron chi connectivity index (χ1n) is 11.6. The average Bonchev–Trinajstić information content (AvgIpc) is 3.30. The summed E-state index contributed by atoms with van der Waals surface area (Å²) in [6.07, 6.45) is 2.97. The third kappa shape index (κ3) is 4.71. The molecule has 0 amide bonds. The number of hydrogen-bond acceptors (Lipinski definition) is 3. The maximum atomic E-state index is 13.2. The maximum absolute atomic E-state index is 13.2. The molecule has 5 nitrogen and oxygen atoms in total. The molecule has 0 radical (unpaired) electrons. The van der Waals surface area contributed by atoms with Crippen LogP contribution >= 0.6 is 0 Å². The number of benzene rings is 3. The Balaban J connectivity index is 1.35. The van der Waals surface area contributed by atoms with E-state index in [0.29, 0.717) is 6.54 Å². The second-order valence-electron chi connectivity index (χ2n) is 8.79. The molecule has 0 bridgehead atoms. The Morgan fingerprint density at radius 1 is 0.824 bits per heavy atom. The van der Waals surface area contributed by atoms with Gasteiger partial charge >= 0.3 is 0 Å². The summed E-state index contributed by atoms with van der Waals surface area (Å²) in [4.78, 5) is 2.65. The predicted octanol–water partition coefficient (Wildman–Crippen LogP) is 4.77. The third-order valence-corrected chi connectivity index (χ3v) is 8.10. The Labute approximate surface area is 201 Å². The van der Waals surface area contributed by atoms with Gasteiger partial charge in [0.05, 0.1) is 10.9 Å². The molecule has 4 aromatic rings. The molecule has 1 aliphatic rings. The normalized spacial score (nSPS) is 15.1. The summed E-state index contributed by atoms with van der Waals surface area (Å²) in [5, 5.41) is 0. The summed E-state index contributed by atoms with van der Waals surface area (Å²) in [5.74, 6) is 0. The van der Waals surface area contributed by atoms with E-state index >= 15 is 0 Å². The number of nitrogens with zero attached hydrogens (tertiary/aromatic N) is 2. The second-order valence-corrected chi connectivity index (χ2v) is 10.6. The van der Waals surface area contributed by atoms with Gasteiger partial charge in [0.15, 0.2) is 0 Å². The predicted molar refractivity (Wildman–Crippen MR) is 136 cm³/mol. The molecule has 34 heavy (non-hydrogen) atoms. The van der Waals surface area contributed by atoms with Gasteiger partial charge in [-0.1, -0.05) is 66.7 Å². The van der Waals surface area contributed by atoms with Crippen molar-refractivity contribution in [1.29, 1.82) is 0 Å². The fourth-order valence-corrected chi connectivity index (χ4v) is 5.79. The lowest BCUT2D eigenvalue weighted by Gasteiger charge is -2.36. The van der Waals surface area contributed by atoms with Crippen molar-refractivity contribution in [2.45, 2.75) is 23.9 Å². The van der Waals surface area contributed by atoms with E-state index in [-0.39, 0.29) is 10.9 Å². The molecule has 0 saturated heterocycles. The largest absolute Gasteiger partial charge is 0.353 e. The molecule has 0 spiro atoms. The van der Waals surface area contributed by atoms with Crippen molar-refractivity contribution in [3.8, 4) is 11.1 Å². The minimum atomic E-state index is -3.64. The fraction of sp³-hybridized carbons (Fsp3) is 0.214. The number of rotatable bonds is 7. The van der Waals surface area contributed by atoms with Crippen LogP contribution in [0.25, 0.3) is 11.1 Å². The van der Waals surface area contributed by atoms with Crippen molar-refractivity contribution in [3.63, 3.8) is 0 Å². The highest BCUT2D eigenvalue weighted by atomic mass is 32.2. The van der Waals surface area contributed by atoms with E-state index in [9.17, 15) is 8.42 Å². The van der Waals surface area contributed by atoms with Crippen LogP contribution < -0.4 is 4.72 Å². The minimum absolute atomic E-state index is 0.0632. The Morgan fingerprint density at radius 3 is 2.21 bits per heavy atom. The van der Waals surface area contributed by atoms with Crippen LogP contribution in [0.3, 0.4) is 0 Å². The zero-order valence-electron chi connectivity index (χ0n) is 19.3. The Bertz CT molecular complexity index is 1360. The lowest BCUT2D eigenvalue weighted by atomic mass is 9.98. The van der Waals surface area contributed by atoms with Gasteiger partial charge < -0.3 is 4.57 Å². The highest BCUT2D eigenvalue weighted by molar-refractivity contribution is 7.89. The van der Waals surface area contributed by atoms with Gasteiger partial charge in [0.1, 0.15) is 0 Å². The van der Waals surface area contributed by atoms with E-state index in [0.717, 1.165) is 36.3 Å². The summed E-state index contributed by atoms with van der Waals surface area (Å²) in [5.41, 5.74) is 5.85. The molecular weight excluding hydrogens is 442 g/mol. The van der Waals surface area contributed by atoms with Gasteiger partial charge in [-0.25, -0.2) is 13.1 Å². The molecular formula is C28H29N3O2S. The highest BCUT2D eigenvalue weighted by Gasteiger charge is 2.28. The number of aryl methyl sites for hydroxylation is 1. The summed E-state index contributed by atoms with van der Waals surface area (Å²) in [7, 11) is -1.63. The molecule has 1 atom stereocenters. The Hall–Kier alpha value is -3.19. The topological polar surface area (TPSA) is 54.3 Å². The van der Waals surface area contributed by atoms with Gasteiger partial charge in [0.2, 0.25) is 10.0 Å². The van der Waals surface area contributed by atoms with Crippen molar-refractivity contribution in [2.75, 3.05) is 13.1 Å². The Morgan fingerprint density at radius 2 is 1.50 bits per heavy atom. The lowest BCUT2D eigenvalue weighted by molar-refractivity contribution is 0.174. The monoisotopic (exact) mass is 471 g/mol. The van der Waals surface area contributed by atoms with Crippen LogP contribution in [0.1, 0.15) is 22.9 Å². The fourth-order valence-electron chi connectivity index (χ4n) is 4.75. The standard InChI is InChI=1S/C28H29N3O2S/c1-30-18-7-12-27(30)28(31-19-17-23-10-5-6-11-25(23)21-31)20-29-34(32,33)26-15-13-24(14-16-26)22-8-3-2-4-9-22/h2-16,18,28-29H,17,19-21H2,1H3. The first kappa shape index (κ1) is 22.6. The van der Waals surface area contributed by atoms with Crippen molar-refractivity contribution < 1.29 is 8.42 Å². The van der Waals surface area contributed by atoms with E-state index in [2.05, 4.69) is 44.5 Å². The molecule has 1 aliphatic heterocycles. The van der Waals surface area contributed by atoms with E-state index in [1.54, 1.807) is 12.1 Å². The zero-order chi connectivity index (χ0) is 23.5. The molecule has 0 saturated carbocycles. The zero-order valence-corrected chi connectivity index (χ0v) is 20.1. The van der Waals surface area contributed by atoms with Gasteiger partial charge in [-0.05, 0) is 52.9 Å². The van der Waals surface area contributed by atoms with E-state index in [4.69, 9.17) is 0 Å². The molecule has 1 N–H and O–H groups in total. The molecule has 6 heteroatoms. The Kier molecular flexibility index (Phi) is 6.37. The summed E-state index contributed by atoms with van der Waals surface area (Å²) in [6.45, 7) is 2.00. The summed E-state index contributed by atoms with van der Waals surface area (Å²) in [6, 6.07) is 29.6. The van der Waals surface area contributed by atoms with Gasteiger partial charge in [-0.15, -0.1) is 0 Å². The summed E-state index contributed by atoms with van der Waals surface area (Å²) < 4.78 is 31.3. The number of nitrogens with one attached hydrogen (secondary N) is 1. The SMILES string of the molecule is Cn1cccc1C(CNS(=O)(=O)c1ccc(-c2ccccc2)cc1)N1CCc2ccccc2C1. The van der Waals surface area contributed by atoms with E-state index in [1.165, 1.54) is 11.1 Å². The first-order chi connectivity index (χ1) is 16.5.